The van der Waals surface area contributed by atoms with Crippen LogP contribution in [-0.2, 0) is 0 Å². The molecular formula is C11H19N3O. The topological polar surface area (TPSA) is 51.0 Å². The maximum absolute atomic E-state index is 5.12. The molecule has 4 heteroatoms. The largest absolute Gasteiger partial charge is 0.337 e. The Balaban J connectivity index is 1.88. The minimum absolute atomic E-state index is 0.324. The number of aromatic nitrogens is 2. The lowest BCUT2D eigenvalue weighted by Gasteiger charge is -2.10. The summed E-state index contributed by atoms with van der Waals surface area (Å²) in [5.74, 6) is 1.10. The van der Waals surface area contributed by atoms with E-state index in [0.29, 0.717) is 17.3 Å². The van der Waals surface area contributed by atoms with Crippen molar-refractivity contribution < 1.29 is 4.52 Å². The van der Waals surface area contributed by atoms with Crippen molar-refractivity contribution in [3.63, 3.8) is 0 Å². The first-order valence-corrected chi connectivity index (χ1v) is 5.73. The molecule has 1 fully saturated rings. The predicted molar refractivity (Wildman–Crippen MR) is 58.8 cm³/mol. The minimum Gasteiger partial charge on any atom is -0.337 e. The van der Waals surface area contributed by atoms with Gasteiger partial charge in [0.1, 0.15) is 0 Å². The maximum Gasteiger partial charge on any atom is 0.321 e. The van der Waals surface area contributed by atoms with Crippen LogP contribution in [0.2, 0.25) is 0 Å². The zero-order chi connectivity index (χ0) is 10.9. The third-order valence-electron chi connectivity index (χ3n) is 3.28. The molecule has 0 saturated heterocycles. The van der Waals surface area contributed by atoms with Gasteiger partial charge in [-0.15, -0.1) is 0 Å². The molecule has 1 N–H and O–H groups in total. The highest BCUT2D eigenvalue weighted by Crippen LogP contribution is 2.48. The van der Waals surface area contributed by atoms with E-state index in [9.17, 15) is 0 Å². The van der Waals surface area contributed by atoms with Crippen LogP contribution in [0, 0.1) is 5.41 Å². The van der Waals surface area contributed by atoms with Crippen LogP contribution in [0.15, 0.2) is 4.52 Å². The Kier molecular flexibility index (Phi) is 2.67. The molecule has 1 aliphatic rings. The third-order valence-corrected chi connectivity index (χ3v) is 3.28. The summed E-state index contributed by atoms with van der Waals surface area (Å²) in [6.07, 6.45) is 3.87. The molecule has 0 radical (unpaired) electrons. The van der Waals surface area contributed by atoms with Crippen LogP contribution in [-0.4, -0.2) is 16.7 Å². The first-order valence-electron chi connectivity index (χ1n) is 5.73. The zero-order valence-corrected chi connectivity index (χ0v) is 9.71. The zero-order valence-electron chi connectivity index (χ0n) is 9.71. The van der Waals surface area contributed by atoms with E-state index in [1.54, 1.807) is 0 Å². The number of hydrogen-bond donors (Lipinski definition) is 1. The van der Waals surface area contributed by atoms with E-state index in [-0.39, 0.29) is 0 Å². The number of nitrogens with zero attached hydrogens (tertiary/aromatic N) is 2. The molecule has 2 rings (SSSR count). The summed E-state index contributed by atoms with van der Waals surface area (Å²) in [6, 6.07) is 0.568. The van der Waals surface area contributed by atoms with Crippen LogP contribution >= 0.6 is 0 Å². The second kappa shape index (κ2) is 3.83. The van der Waals surface area contributed by atoms with Gasteiger partial charge >= 0.3 is 6.01 Å². The van der Waals surface area contributed by atoms with Crippen molar-refractivity contribution in [1.82, 2.24) is 10.1 Å². The Labute approximate surface area is 90.4 Å². The van der Waals surface area contributed by atoms with Crippen LogP contribution in [0.25, 0.3) is 0 Å². The van der Waals surface area contributed by atoms with E-state index in [1.807, 2.05) is 0 Å². The fourth-order valence-corrected chi connectivity index (χ4v) is 1.64. The van der Waals surface area contributed by atoms with E-state index in [1.165, 1.54) is 19.3 Å². The molecule has 0 spiro atoms. The average Bonchev–Trinajstić information content (AvgIpc) is 2.85. The maximum atomic E-state index is 5.12. The second-order valence-corrected chi connectivity index (χ2v) is 4.82. The summed E-state index contributed by atoms with van der Waals surface area (Å²) in [4.78, 5) is 4.29. The normalized spacial score (nSPS) is 18.1. The van der Waals surface area contributed by atoms with E-state index in [0.717, 1.165) is 12.4 Å². The Morgan fingerprint density at radius 2 is 2.20 bits per heavy atom. The van der Waals surface area contributed by atoms with Gasteiger partial charge in [0.25, 0.3) is 0 Å². The molecule has 1 heterocycles. The van der Waals surface area contributed by atoms with Gasteiger partial charge in [-0.05, 0) is 24.7 Å². The lowest BCUT2D eigenvalue weighted by Crippen LogP contribution is -2.14. The molecule has 0 bridgehead atoms. The third kappa shape index (κ3) is 2.30. The summed E-state index contributed by atoms with van der Waals surface area (Å²) in [7, 11) is 0. The fourth-order valence-electron chi connectivity index (χ4n) is 1.64. The second-order valence-electron chi connectivity index (χ2n) is 4.82. The molecule has 0 atom stereocenters. The molecule has 0 amide bonds. The minimum atomic E-state index is 0.324. The standard InChI is InChI=1S/C11H19N3O/c1-4-11(5-6-11)7-12-10-13-9(8(2)3)14-15-10/h8H,4-7H2,1-3H3,(H,12,13,14). The van der Waals surface area contributed by atoms with Crippen LogP contribution in [0.4, 0.5) is 6.01 Å². The van der Waals surface area contributed by atoms with Gasteiger partial charge in [-0.2, -0.15) is 4.98 Å². The number of nitrogens with one attached hydrogen (secondary N) is 1. The van der Waals surface area contributed by atoms with Gasteiger partial charge in [-0.1, -0.05) is 25.9 Å². The summed E-state index contributed by atoms with van der Waals surface area (Å²) >= 11 is 0. The Bertz CT molecular complexity index is 328. The summed E-state index contributed by atoms with van der Waals surface area (Å²) < 4.78 is 5.12. The van der Waals surface area contributed by atoms with Crippen LogP contribution in [0.5, 0.6) is 0 Å². The van der Waals surface area contributed by atoms with Gasteiger partial charge in [-0.25, -0.2) is 0 Å². The molecule has 0 unspecified atom stereocenters. The SMILES string of the molecule is CCC1(CNc2nc(C(C)C)no2)CC1. The monoisotopic (exact) mass is 209 g/mol. The number of anilines is 1. The lowest BCUT2D eigenvalue weighted by atomic mass is 10.0. The number of hydrogen-bond acceptors (Lipinski definition) is 4. The highest BCUT2D eigenvalue weighted by atomic mass is 16.5. The van der Waals surface area contributed by atoms with E-state index in [4.69, 9.17) is 4.52 Å². The van der Waals surface area contributed by atoms with Gasteiger partial charge in [0.2, 0.25) is 0 Å². The fraction of sp³-hybridized carbons (Fsp3) is 0.818. The molecule has 1 aromatic rings. The van der Waals surface area contributed by atoms with Gasteiger partial charge < -0.3 is 9.84 Å². The molecule has 0 aliphatic heterocycles. The van der Waals surface area contributed by atoms with E-state index >= 15 is 0 Å². The first-order chi connectivity index (χ1) is 7.15. The summed E-state index contributed by atoms with van der Waals surface area (Å²) in [6.45, 7) is 7.32. The Hall–Kier alpha value is -1.06. The van der Waals surface area contributed by atoms with E-state index < -0.39 is 0 Å². The van der Waals surface area contributed by atoms with Crippen molar-refractivity contribution in [3.05, 3.63) is 5.82 Å². The quantitative estimate of drug-likeness (QED) is 0.810. The molecule has 1 aromatic heterocycles. The molecule has 0 aromatic carbocycles. The van der Waals surface area contributed by atoms with Crippen molar-refractivity contribution in [2.75, 3.05) is 11.9 Å². The van der Waals surface area contributed by atoms with E-state index in [2.05, 4.69) is 36.2 Å². The van der Waals surface area contributed by atoms with Gasteiger partial charge in [0.05, 0.1) is 0 Å². The van der Waals surface area contributed by atoms with Gasteiger partial charge in [0.15, 0.2) is 5.82 Å². The van der Waals surface area contributed by atoms with Gasteiger partial charge in [0, 0.05) is 12.5 Å². The van der Waals surface area contributed by atoms with Crippen LogP contribution in [0.3, 0.4) is 0 Å². The smallest absolute Gasteiger partial charge is 0.321 e. The average molecular weight is 209 g/mol. The van der Waals surface area contributed by atoms with Crippen molar-refractivity contribution in [2.24, 2.45) is 5.41 Å². The van der Waals surface area contributed by atoms with Crippen molar-refractivity contribution in [1.29, 1.82) is 0 Å². The van der Waals surface area contributed by atoms with Crippen LogP contribution in [0.1, 0.15) is 51.8 Å². The number of rotatable bonds is 5. The van der Waals surface area contributed by atoms with Crippen molar-refractivity contribution in [2.45, 2.75) is 46.0 Å². The van der Waals surface area contributed by atoms with Crippen molar-refractivity contribution in [3.8, 4) is 0 Å². The molecular weight excluding hydrogens is 190 g/mol. The molecule has 4 nitrogen and oxygen atoms in total. The predicted octanol–water partition coefficient (Wildman–Crippen LogP) is 2.80. The highest BCUT2D eigenvalue weighted by Gasteiger charge is 2.40. The molecule has 15 heavy (non-hydrogen) atoms. The highest BCUT2D eigenvalue weighted by molar-refractivity contribution is 5.21. The molecule has 84 valence electrons. The van der Waals surface area contributed by atoms with Crippen LogP contribution < -0.4 is 5.32 Å². The Morgan fingerprint density at radius 3 is 2.67 bits per heavy atom. The van der Waals surface area contributed by atoms with Crippen molar-refractivity contribution >= 4 is 6.01 Å². The first kappa shape index (κ1) is 10.5. The lowest BCUT2D eigenvalue weighted by molar-refractivity contribution is 0.412. The Morgan fingerprint density at radius 1 is 1.47 bits per heavy atom. The summed E-state index contributed by atoms with van der Waals surface area (Å²) in [5.41, 5.74) is 0.506. The van der Waals surface area contributed by atoms with Gasteiger partial charge in [-0.3, -0.25) is 0 Å². The summed E-state index contributed by atoms with van der Waals surface area (Å²) in [5, 5.41) is 7.15. The molecule has 1 aliphatic carbocycles. The molecule has 1 saturated carbocycles.